The van der Waals surface area contributed by atoms with Gasteiger partial charge in [0, 0.05) is 12.5 Å². The molecule has 0 bridgehead atoms. The summed E-state index contributed by atoms with van der Waals surface area (Å²) < 4.78 is 6.02. The fourth-order valence-electron chi connectivity index (χ4n) is 2.51. The maximum atomic E-state index is 10.9. The first-order chi connectivity index (χ1) is 10.0. The Morgan fingerprint density at radius 2 is 1.48 bits per heavy atom. The van der Waals surface area contributed by atoms with Gasteiger partial charge in [0.1, 0.15) is 0 Å². The molecule has 0 rings (SSSR count). The Kier molecular flexibility index (Phi) is 12.4. The summed E-state index contributed by atoms with van der Waals surface area (Å²) in [6, 6.07) is 0. The molecule has 0 spiro atoms. The van der Waals surface area contributed by atoms with E-state index in [1.54, 1.807) is 0 Å². The van der Waals surface area contributed by atoms with Gasteiger partial charge in [0.05, 0.1) is 33.8 Å². The molecule has 0 aliphatic rings. The van der Waals surface area contributed by atoms with E-state index in [0.29, 0.717) is 6.61 Å². The third-order valence-corrected chi connectivity index (χ3v) is 3.94. The van der Waals surface area contributed by atoms with E-state index in [2.05, 4.69) is 27.6 Å². The zero-order valence-corrected chi connectivity index (χ0v) is 14.5. The number of carbonyl (C=O) groups is 1. The number of ether oxygens (including phenoxy) is 1. The molecule has 0 aromatic heterocycles. The summed E-state index contributed by atoms with van der Waals surface area (Å²) in [6.07, 6.45) is 13.1. The highest BCUT2D eigenvalue weighted by Gasteiger charge is 2.14. The zero-order valence-electron chi connectivity index (χ0n) is 14.5. The minimum absolute atomic E-state index is 0.316. The van der Waals surface area contributed by atoms with E-state index in [1.165, 1.54) is 64.0 Å². The van der Waals surface area contributed by atoms with Crippen LogP contribution in [0.3, 0.4) is 0 Å². The van der Waals surface area contributed by atoms with Gasteiger partial charge in [-0.3, -0.25) is 0 Å². The fourth-order valence-corrected chi connectivity index (χ4v) is 2.51. The van der Waals surface area contributed by atoms with Crippen LogP contribution in [0.4, 0.5) is 0 Å². The molecule has 0 atom stereocenters. The van der Waals surface area contributed by atoms with Crippen molar-refractivity contribution in [2.75, 3.05) is 33.8 Å². The molecular weight excluding hydrogens is 262 g/mol. The van der Waals surface area contributed by atoms with Gasteiger partial charge in [-0.2, -0.15) is 0 Å². The number of nitrogens with zero attached hydrogens (tertiary/aromatic N) is 1. The minimum atomic E-state index is -0.316. The van der Waals surface area contributed by atoms with Crippen molar-refractivity contribution < 1.29 is 14.0 Å². The summed E-state index contributed by atoms with van der Waals surface area (Å²) in [5.41, 5.74) is 0. The van der Waals surface area contributed by atoms with Gasteiger partial charge in [-0.15, -0.1) is 0 Å². The largest absolute Gasteiger partial charge is 0.462 e. The van der Waals surface area contributed by atoms with Crippen LogP contribution in [-0.2, 0) is 9.53 Å². The number of rotatable bonds is 14. The van der Waals surface area contributed by atoms with Crippen LogP contribution >= 0.6 is 0 Å². The lowest BCUT2D eigenvalue weighted by Gasteiger charge is -2.29. The van der Waals surface area contributed by atoms with Gasteiger partial charge in [-0.05, 0) is 12.8 Å². The van der Waals surface area contributed by atoms with Crippen molar-refractivity contribution >= 4 is 5.97 Å². The van der Waals surface area contributed by atoms with E-state index in [1.807, 2.05) is 0 Å². The number of hydrogen-bond acceptors (Lipinski definition) is 2. The second-order valence-corrected chi connectivity index (χ2v) is 6.58. The third-order valence-electron chi connectivity index (χ3n) is 3.94. The highest BCUT2D eigenvalue weighted by atomic mass is 16.5. The van der Waals surface area contributed by atoms with Crippen LogP contribution < -0.4 is 0 Å². The van der Waals surface area contributed by atoms with Crippen molar-refractivity contribution in [3.63, 3.8) is 0 Å². The highest BCUT2D eigenvalue weighted by molar-refractivity contribution is 5.81. The topological polar surface area (TPSA) is 26.3 Å². The Bertz CT molecular complexity index is 274. The van der Waals surface area contributed by atoms with Crippen molar-refractivity contribution in [2.24, 2.45) is 0 Å². The van der Waals surface area contributed by atoms with E-state index in [4.69, 9.17) is 4.74 Å². The van der Waals surface area contributed by atoms with Gasteiger partial charge in [0.25, 0.3) is 0 Å². The van der Waals surface area contributed by atoms with Crippen molar-refractivity contribution in [3.8, 4) is 0 Å². The molecule has 3 nitrogen and oxygen atoms in total. The summed E-state index contributed by atoms with van der Waals surface area (Å²) in [4.78, 5) is 10.9. The average Bonchev–Trinajstić information content (AvgIpc) is 2.46. The smallest absolute Gasteiger partial charge is 0.330 e. The van der Waals surface area contributed by atoms with Crippen LogP contribution in [0, 0.1) is 0 Å². The summed E-state index contributed by atoms with van der Waals surface area (Å²) >= 11 is 0. The lowest BCUT2D eigenvalue weighted by atomic mass is 10.1. The maximum Gasteiger partial charge on any atom is 0.330 e. The molecule has 0 fully saturated rings. The van der Waals surface area contributed by atoms with Crippen LogP contribution in [0.15, 0.2) is 12.7 Å². The molecule has 3 heteroatoms. The predicted molar refractivity (Wildman–Crippen MR) is 90.2 cm³/mol. The first kappa shape index (κ1) is 20.2. The van der Waals surface area contributed by atoms with Crippen molar-refractivity contribution in [1.29, 1.82) is 0 Å². The molecule has 21 heavy (non-hydrogen) atoms. The molecule has 0 unspecified atom stereocenters. The van der Waals surface area contributed by atoms with Gasteiger partial charge in [-0.1, -0.05) is 52.0 Å². The normalized spacial score (nSPS) is 11.4. The quantitative estimate of drug-likeness (QED) is 0.207. The highest BCUT2D eigenvalue weighted by Crippen LogP contribution is 2.10. The number of carbonyl (C=O) groups excluding carboxylic acids is 1. The molecule has 0 saturated heterocycles. The van der Waals surface area contributed by atoms with Gasteiger partial charge in [0.2, 0.25) is 0 Å². The zero-order chi connectivity index (χ0) is 16.0. The second-order valence-electron chi connectivity index (χ2n) is 6.58. The number of esters is 1. The monoisotopic (exact) mass is 298 g/mol. The lowest BCUT2D eigenvalue weighted by molar-refractivity contribution is -0.890. The van der Waals surface area contributed by atoms with E-state index in [9.17, 15) is 4.79 Å². The second kappa shape index (κ2) is 12.9. The first-order valence-corrected chi connectivity index (χ1v) is 8.63. The van der Waals surface area contributed by atoms with E-state index < -0.39 is 0 Å². The van der Waals surface area contributed by atoms with Crippen LogP contribution in [0.25, 0.3) is 0 Å². The van der Waals surface area contributed by atoms with Crippen LogP contribution in [0.5, 0.6) is 0 Å². The van der Waals surface area contributed by atoms with Crippen LogP contribution in [0.1, 0.15) is 64.7 Å². The molecule has 0 aliphatic heterocycles. The van der Waals surface area contributed by atoms with Crippen molar-refractivity contribution in [2.45, 2.75) is 64.7 Å². The van der Waals surface area contributed by atoms with Gasteiger partial charge in [-0.25, -0.2) is 4.79 Å². The summed E-state index contributed by atoms with van der Waals surface area (Å²) in [5, 5.41) is 0. The number of hydrogen-bond donors (Lipinski definition) is 0. The average molecular weight is 298 g/mol. The van der Waals surface area contributed by atoms with Gasteiger partial charge in [0.15, 0.2) is 0 Å². The molecule has 0 aromatic rings. The number of unbranched alkanes of at least 4 members (excludes halogenated alkanes) is 7. The summed E-state index contributed by atoms with van der Waals surface area (Å²) in [5.74, 6) is -0.316. The van der Waals surface area contributed by atoms with Crippen LogP contribution in [0.2, 0.25) is 0 Å². The van der Waals surface area contributed by atoms with Crippen molar-refractivity contribution in [3.05, 3.63) is 12.7 Å². The SMILES string of the molecule is C=CC(=O)OCCC[N+](C)(C)CCCCCCCCCC. The molecular formula is C18H36NO2+. The molecule has 0 radical (unpaired) electrons. The minimum Gasteiger partial charge on any atom is -0.462 e. The Morgan fingerprint density at radius 1 is 0.952 bits per heavy atom. The van der Waals surface area contributed by atoms with Crippen LogP contribution in [-0.4, -0.2) is 44.2 Å². The molecule has 0 aliphatic carbocycles. The Balaban J connectivity index is 3.46. The lowest BCUT2D eigenvalue weighted by Crippen LogP contribution is -2.41. The molecule has 124 valence electrons. The van der Waals surface area contributed by atoms with Gasteiger partial charge < -0.3 is 9.22 Å². The van der Waals surface area contributed by atoms with E-state index in [0.717, 1.165) is 17.4 Å². The Hall–Kier alpha value is -0.830. The summed E-state index contributed by atoms with van der Waals surface area (Å²) in [6.45, 7) is 8.43. The molecule has 0 heterocycles. The molecule has 0 N–H and O–H groups in total. The Morgan fingerprint density at radius 3 is 2.05 bits per heavy atom. The summed E-state index contributed by atoms with van der Waals surface area (Å²) in [7, 11) is 4.52. The number of quaternary nitrogens is 1. The molecule has 0 saturated carbocycles. The van der Waals surface area contributed by atoms with Crippen molar-refractivity contribution in [1.82, 2.24) is 0 Å². The van der Waals surface area contributed by atoms with E-state index in [-0.39, 0.29) is 5.97 Å². The first-order valence-electron chi connectivity index (χ1n) is 8.63. The molecule has 0 amide bonds. The maximum absolute atomic E-state index is 10.9. The fraction of sp³-hybridized carbons (Fsp3) is 0.833. The van der Waals surface area contributed by atoms with Gasteiger partial charge >= 0.3 is 5.97 Å². The molecule has 0 aromatic carbocycles. The Labute approximate surface area is 131 Å². The predicted octanol–water partition coefficient (Wildman–Crippen LogP) is 4.32. The van der Waals surface area contributed by atoms with E-state index >= 15 is 0 Å². The standard InChI is InChI=1S/C18H36NO2/c1-5-7-8-9-10-11-12-13-15-19(3,4)16-14-17-21-18(20)6-2/h6H,2,5,7-17H2,1,3-4H3/q+1. The third kappa shape index (κ3) is 13.9.